The van der Waals surface area contributed by atoms with E-state index in [1.54, 1.807) is 18.2 Å². The Morgan fingerprint density at radius 3 is 3.00 bits per heavy atom. The summed E-state index contributed by atoms with van der Waals surface area (Å²) in [6.07, 6.45) is 2.93. The van der Waals surface area contributed by atoms with Crippen molar-refractivity contribution in [3.63, 3.8) is 0 Å². The van der Waals surface area contributed by atoms with Crippen LogP contribution in [0.15, 0.2) is 30.9 Å². The molecule has 2 heterocycles. The van der Waals surface area contributed by atoms with Gasteiger partial charge in [-0.1, -0.05) is 17.7 Å². The van der Waals surface area contributed by atoms with Crippen molar-refractivity contribution in [3.8, 4) is 11.6 Å². The van der Waals surface area contributed by atoms with Gasteiger partial charge in [-0.05, 0) is 12.1 Å². The molecule has 0 atom stereocenters. The molecule has 0 aliphatic rings. The molecule has 3 N–H and O–H groups in total. The van der Waals surface area contributed by atoms with Crippen molar-refractivity contribution >= 4 is 22.8 Å². The molecule has 0 radical (unpaired) electrons. The standard InChI is InChI=1S/C12H10ClN5O/c13-8-2-1-3-9(7(8)4-14)19-12-10-11(16-5-15-10)17-6-18-12/h1-3,5-6H,4,14H2,(H,15,16,17,18). The van der Waals surface area contributed by atoms with E-state index in [-0.39, 0.29) is 6.54 Å². The van der Waals surface area contributed by atoms with E-state index < -0.39 is 0 Å². The highest BCUT2D eigenvalue weighted by molar-refractivity contribution is 6.31. The van der Waals surface area contributed by atoms with Gasteiger partial charge >= 0.3 is 0 Å². The quantitative estimate of drug-likeness (QED) is 0.765. The van der Waals surface area contributed by atoms with Crippen molar-refractivity contribution < 1.29 is 4.74 Å². The van der Waals surface area contributed by atoms with Gasteiger partial charge in [0.05, 0.1) is 6.33 Å². The molecule has 0 spiro atoms. The molecule has 0 saturated heterocycles. The maximum Gasteiger partial charge on any atom is 0.248 e. The maximum absolute atomic E-state index is 6.08. The molecular formula is C12H10ClN5O. The molecule has 0 fully saturated rings. The van der Waals surface area contributed by atoms with Crippen LogP contribution in [0.4, 0.5) is 0 Å². The molecule has 3 aromatic rings. The van der Waals surface area contributed by atoms with Crippen LogP contribution in [-0.2, 0) is 6.54 Å². The number of aromatic amines is 1. The van der Waals surface area contributed by atoms with Crippen LogP contribution in [-0.4, -0.2) is 19.9 Å². The zero-order chi connectivity index (χ0) is 13.2. The van der Waals surface area contributed by atoms with Gasteiger partial charge in [0.2, 0.25) is 5.88 Å². The fraction of sp³-hybridized carbons (Fsp3) is 0.0833. The van der Waals surface area contributed by atoms with E-state index >= 15 is 0 Å². The summed E-state index contributed by atoms with van der Waals surface area (Å²) < 4.78 is 5.77. The molecule has 0 amide bonds. The van der Waals surface area contributed by atoms with Gasteiger partial charge in [-0.3, -0.25) is 0 Å². The van der Waals surface area contributed by atoms with E-state index in [4.69, 9.17) is 22.1 Å². The lowest BCUT2D eigenvalue weighted by Gasteiger charge is -2.10. The summed E-state index contributed by atoms with van der Waals surface area (Å²) in [6.45, 7) is 0.284. The topological polar surface area (TPSA) is 89.7 Å². The highest BCUT2D eigenvalue weighted by Crippen LogP contribution is 2.31. The molecule has 3 rings (SSSR count). The molecule has 0 aliphatic carbocycles. The Hall–Kier alpha value is -2.18. The first kappa shape index (κ1) is 11.9. The SMILES string of the molecule is NCc1c(Cl)cccc1Oc1ncnc2nc[nH]c12. The number of aromatic nitrogens is 4. The van der Waals surface area contributed by atoms with Crippen LogP contribution in [0.2, 0.25) is 5.02 Å². The van der Waals surface area contributed by atoms with Crippen LogP contribution in [0.5, 0.6) is 11.6 Å². The second-order valence-corrected chi connectivity index (χ2v) is 4.21. The molecule has 1 aromatic carbocycles. The lowest BCUT2D eigenvalue weighted by Crippen LogP contribution is -2.01. The number of benzene rings is 1. The number of halogens is 1. The fourth-order valence-electron chi connectivity index (χ4n) is 1.76. The minimum absolute atomic E-state index is 0.284. The Kier molecular flexibility index (Phi) is 3.02. The minimum Gasteiger partial charge on any atom is -0.437 e. The van der Waals surface area contributed by atoms with Crippen LogP contribution in [0, 0.1) is 0 Å². The molecule has 6 nitrogen and oxygen atoms in total. The van der Waals surface area contributed by atoms with Crippen LogP contribution in [0.25, 0.3) is 11.2 Å². The summed E-state index contributed by atoms with van der Waals surface area (Å²) >= 11 is 6.08. The number of rotatable bonds is 3. The van der Waals surface area contributed by atoms with E-state index in [1.807, 2.05) is 0 Å². The maximum atomic E-state index is 6.08. The summed E-state index contributed by atoms with van der Waals surface area (Å²) in [7, 11) is 0. The first-order valence-electron chi connectivity index (χ1n) is 5.59. The molecule has 7 heteroatoms. The van der Waals surface area contributed by atoms with Crippen LogP contribution in [0.1, 0.15) is 5.56 Å². The van der Waals surface area contributed by atoms with E-state index in [9.17, 15) is 0 Å². The zero-order valence-electron chi connectivity index (χ0n) is 9.80. The third-order valence-corrected chi connectivity index (χ3v) is 3.03. The number of nitrogens with one attached hydrogen (secondary N) is 1. The Labute approximate surface area is 113 Å². The Balaban J connectivity index is 2.06. The smallest absolute Gasteiger partial charge is 0.248 e. The van der Waals surface area contributed by atoms with Gasteiger partial charge < -0.3 is 15.5 Å². The number of hydrogen-bond donors (Lipinski definition) is 2. The normalized spacial score (nSPS) is 10.8. The largest absolute Gasteiger partial charge is 0.437 e. The molecule has 0 bridgehead atoms. The second-order valence-electron chi connectivity index (χ2n) is 3.80. The third kappa shape index (κ3) is 2.11. The molecular weight excluding hydrogens is 266 g/mol. The fourth-order valence-corrected chi connectivity index (χ4v) is 2.00. The van der Waals surface area contributed by atoms with E-state index in [2.05, 4.69) is 19.9 Å². The van der Waals surface area contributed by atoms with Gasteiger partial charge in [-0.15, -0.1) is 0 Å². The predicted molar refractivity (Wildman–Crippen MR) is 71.1 cm³/mol. The average molecular weight is 276 g/mol. The van der Waals surface area contributed by atoms with E-state index in [0.717, 1.165) is 5.56 Å². The highest BCUT2D eigenvalue weighted by atomic mass is 35.5. The van der Waals surface area contributed by atoms with Crippen LogP contribution >= 0.6 is 11.6 Å². The van der Waals surface area contributed by atoms with Gasteiger partial charge in [0.15, 0.2) is 5.65 Å². The number of ether oxygens (including phenoxy) is 1. The first-order chi connectivity index (χ1) is 9.29. The van der Waals surface area contributed by atoms with Crippen molar-refractivity contribution in [1.82, 2.24) is 19.9 Å². The van der Waals surface area contributed by atoms with Crippen molar-refractivity contribution in [1.29, 1.82) is 0 Å². The molecule has 2 aromatic heterocycles. The molecule has 0 saturated carbocycles. The Morgan fingerprint density at radius 1 is 1.26 bits per heavy atom. The summed E-state index contributed by atoms with van der Waals surface area (Å²) in [5.74, 6) is 0.962. The minimum atomic E-state index is 0.284. The van der Waals surface area contributed by atoms with E-state index in [1.165, 1.54) is 12.7 Å². The van der Waals surface area contributed by atoms with Crippen LogP contribution < -0.4 is 10.5 Å². The first-order valence-corrected chi connectivity index (χ1v) is 5.97. The summed E-state index contributed by atoms with van der Waals surface area (Å²) in [5.41, 5.74) is 7.59. The highest BCUT2D eigenvalue weighted by Gasteiger charge is 2.12. The van der Waals surface area contributed by atoms with Crippen molar-refractivity contribution in [2.24, 2.45) is 5.73 Å². The molecule has 0 unspecified atom stereocenters. The summed E-state index contributed by atoms with van der Waals surface area (Å²) in [6, 6.07) is 5.35. The molecule has 0 aliphatic heterocycles. The number of fused-ring (bicyclic) bond motifs is 1. The van der Waals surface area contributed by atoms with Gasteiger partial charge in [-0.2, -0.15) is 4.98 Å². The lowest BCUT2D eigenvalue weighted by molar-refractivity contribution is 0.461. The monoisotopic (exact) mass is 275 g/mol. The number of nitrogens with two attached hydrogens (primary N) is 1. The Morgan fingerprint density at radius 2 is 2.16 bits per heavy atom. The number of nitrogens with zero attached hydrogens (tertiary/aromatic N) is 3. The lowest BCUT2D eigenvalue weighted by atomic mass is 10.2. The summed E-state index contributed by atoms with van der Waals surface area (Å²) in [5, 5.41) is 0.565. The molecule has 19 heavy (non-hydrogen) atoms. The summed E-state index contributed by atoms with van der Waals surface area (Å²) in [4.78, 5) is 15.1. The predicted octanol–water partition coefficient (Wildman–Crippen LogP) is 2.26. The van der Waals surface area contributed by atoms with Gasteiger partial charge in [0, 0.05) is 17.1 Å². The number of H-pyrrole nitrogens is 1. The van der Waals surface area contributed by atoms with Crippen molar-refractivity contribution in [2.75, 3.05) is 0 Å². The van der Waals surface area contributed by atoms with Crippen molar-refractivity contribution in [3.05, 3.63) is 41.4 Å². The number of imidazole rings is 1. The van der Waals surface area contributed by atoms with Crippen LogP contribution in [0.3, 0.4) is 0 Å². The molecule has 96 valence electrons. The third-order valence-electron chi connectivity index (χ3n) is 2.67. The van der Waals surface area contributed by atoms with Gasteiger partial charge in [0.25, 0.3) is 0 Å². The van der Waals surface area contributed by atoms with Crippen molar-refractivity contribution in [2.45, 2.75) is 6.54 Å². The van der Waals surface area contributed by atoms with E-state index in [0.29, 0.717) is 27.8 Å². The second kappa shape index (κ2) is 4.83. The Bertz CT molecular complexity index is 727. The number of hydrogen-bond acceptors (Lipinski definition) is 5. The van der Waals surface area contributed by atoms with Gasteiger partial charge in [-0.25, -0.2) is 9.97 Å². The van der Waals surface area contributed by atoms with Gasteiger partial charge in [0.1, 0.15) is 17.6 Å². The zero-order valence-corrected chi connectivity index (χ0v) is 10.6. The average Bonchev–Trinajstić information content (AvgIpc) is 2.88.